The van der Waals surface area contributed by atoms with Gasteiger partial charge in [-0.25, -0.2) is 0 Å². The second kappa shape index (κ2) is 10.1. The number of nitrogens with zero attached hydrogens (tertiary/aromatic N) is 1. The Balaban J connectivity index is 1.51. The van der Waals surface area contributed by atoms with Gasteiger partial charge in [-0.05, 0) is 43.3 Å². The molecule has 0 radical (unpaired) electrons. The molecule has 0 aliphatic carbocycles. The van der Waals surface area contributed by atoms with Crippen molar-refractivity contribution in [2.75, 3.05) is 13.7 Å². The van der Waals surface area contributed by atoms with Crippen molar-refractivity contribution in [3.05, 3.63) is 70.3 Å². The van der Waals surface area contributed by atoms with E-state index in [4.69, 9.17) is 27.9 Å². The molecular weight excluding hydrogens is 442 g/mol. The highest BCUT2D eigenvalue weighted by molar-refractivity contribution is 5.81. The van der Waals surface area contributed by atoms with E-state index in [-0.39, 0.29) is 34.7 Å². The minimum Gasteiger partial charge on any atom is -0.490 e. The average Bonchev–Trinajstić information content (AvgIpc) is 3.30. The smallest absolute Gasteiger partial charge is 0.311 e. The van der Waals surface area contributed by atoms with Crippen molar-refractivity contribution in [2.24, 2.45) is 0 Å². The van der Waals surface area contributed by atoms with Gasteiger partial charge in [-0.2, -0.15) is 0 Å². The van der Waals surface area contributed by atoms with Gasteiger partial charge < -0.3 is 27.9 Å². The Morgan fingerprint density at radius 2 is 1.88 bits per heavy atom. The van der Waals surface area contributed by atoms with Gasteiger partial charge in [-0.3, -0.25) is 9.59 Å². The molecule has 0 aliphatic rings. The van der Waals surface area contributed by atoms with Crippen molar-refractivity contribution in [1.29, 1.82) is 0 Å². The van der Waals surface area contributed by atoms with E-state index in [2.05, 4.69) is 5.16 Å². The third kappa shape index (κ3) is 5.03. The van der Waals surface area contributed by atoms with Crippen molar-refractivity contribution in [3.8, 4) is 28.9 Å². The lowest BCUT2D eigenvalue weighted by Gasteiger charge is -2.13. The number of benzene rings is 2. The van der Waals surface area contributed by atoms with Crippen molar-refractivity contribution < 1.29 is 32.7 Å². The number of methoxy groups -OCH3 is 1. The molecule has 0 fully saturated rings. The maximum Gasteiger partial charge on any atom is 0.311 e. The zero-order valence-corrected chi connectivity index (χ0v) is 19.0. The molecule has 34 heavy (non-hydrogen) atoms. The van der Waals surface area contributed by atoms with Crippen LogP contribution in [-0.2, 0) is 11.2 Å². The quantitative estimate of drug-likeness (QED) is 0.253. The second-order valence-corrected chi connectivity index (χ2v) is 7.27. The number of aromatic nitrogens is 1. The number of ether oxygens (including phenoxy) is 4. The molecule has 0 N–H and O–H groups in total. The van der Waals surface area contributed by atoms with Crippen LogP contribution in [0.3, 0.4) is 0 Å². The van der Waals surface area contributed by atoms with Crippen LogP contribution in [0, 0.1) is 6.92 Å². The van der Waals surface area contributed by atoms with E-state index < -0.39 is 5.97 Å². The predicted octanol–water partition coefficient (Wildman–Crippen LogP) is 4.83. The highest BCUT2D eigenvalue weighted by Gasteiger charge is 2.17. The number of carbonyl (C=O) groups is 1. The van der Waals surface area contributed by atoms with Gasteiger partial charge >= 0.3 is 5.97 Å². The molecule has 2 aromatic heterocycles. The van der Waals surface area contributed by atoms with Crippen LogP contribution in [0.4, 0.5) is 0 Å². The zero-order valence-electron chi connectivity index (χ0n) is 19.0. The Bertz CT molecular complexity index is 1370. The van der Waals surface area contributed by atoms with Crippen molar-refractivity contribution in [3.63, 3.8) is 0 Å². The average molecular weight is 465 g/mol. The fourth-order valence-corrected chi connectivity index (χ4v) is 3.28. The highest BCUT2D eigenvalue weighted by Crippen LogP contribution is 2.33. The number of fused-ring (bicyclic) bond motifs is 1. The number of rotatable bonds is 9. The molecular formula is C25H23NO8. The van der Waals surface area contributed by atoms with Crippen LogP contribution in [0.2, 0.25) is 0 Å². The standard InChI is InChI=1S/C25H23NO8/c1-4-30-19-7-5-6-8-20(19)33-25-15(2)31-21-13-16(9-11-18(21)24(25)28)32-23(27)12-10-17-14-22(29-3)26-34-17/h5-9,11,13-14H,4,10,12H2,1-3H3. The maximum absolute atomic E-state index is 13.1. The van der Waals surface area contributed by atoms with Gasteiger partial charge in [0, 0.05) is 18.6 Å². The summed E-state index contributed by atoms with van der Waals surface area (Å²) in [6.07, 6.45) is 0.381. The third-order valence-electron chi connectivity index (χ3n) is 4.90. The minimum absolute atomic E-state index is 0.0619. The predicted molar refractivity (Wildman–Crippen MR) is 122 cm³/mol. The van der Waals surface area contributed by atoms with E-state index in [1.54, 1.807) is 31.2 Å². The monoisotopic (exact) mass is 465 g/mol. The summed E-state index contributed by atoms with van der Waals surface area (Å²) in [7, 11) is 1.48. The first-order valence-corrected chi connectivity index (χ1v) is 10.7. The molecule has 0 aliphatic heterocycles. The van der Waals surface area contributed by atoms with Crippen molar-refractivity contribution in [2.45, 2.75) is 26.7 Å². The van der Waals surface area contributed by atoms with Crippen LogP contribution in [0.5, 0.6) is 28.9 Å². The summed E-state index contributed by atoms with van der Waals surface area (Å²) in [5.41, 5.74) is -0.0691. The van der Waals surface area contributed by atoms with Crippen LogP contribution < -0.4 is 24.4 Å². The van der Waals surface area contributed by atoms with Gasteiger partial charge in [-0.15, -0.1) is 0 Å². The zero-order chi connectivity index (χ0) is 24.1. The van der Waals surface area contributed by atoms with Gasteiger partial charge in [0.1, 0.15) is 22.9 Å². The lowest BCUT2D eigenvalue weighted by atomic mass is 10.2. The number of aryl methyl sites for hydroxylation is 2. The van der Waals surface area contributed by atoms with Gasteiger partial charge in [0.15, 0.2) is 11.5 Å². The molecule has 0 saturated carbocycles. The first-order valence-electron chi connectivity index (χ1n) is 10.7. The Morgan fingerprint density at radius 3 is 2.62 bits per heavy atom. The number of carbonyl (C=O) groups excluding carboxylic acids is 1. The highest BCUT2D eigenvalue weighted by atomic mass is 16.5. The molecule has 0 spiro atoms. The minimum atomic E-state index is -0.471. The van der Waals surface area contributed by atoms with E-state index in [0.717, 1.165) is 0 Å². The molecule has 4 rings (SSSR count). The van der Waals surface area contributed by atoms with Crippen molar-refractivity contribution in [1.82, 2.24) is 5.16 Å². The fourth-order valence-electron chi connectivity index (χ4n) is 3.28. The van der Waals surface area contributed by atoms with Gasteiger partial charge in [0.25, 0.3) is 5.88 Å². The van der Waals surface area contributed by atoms with E-state index in [1.165, 1.54) is 25.3 Å². The molecule has 9 heteroatoms. The van der Waals surface area contributed by atoms with Gasteiger partial charge in [0.05, 0.1) is 25.5 Å². The first kappa shape index (κ1) is 22.9. The van der Waals surface area contributed by atoms with Gasteiger partial charge in [-0.1, -0.05) is 12.1 Å². The van der Waals surface area contributed by atoms with Crippen LogP contribution in [0.15, 0.2) is 62.3 Å². The summed E-state index contributed by atoms with van der Waals surface area (Å²) in [5.74, 6) is 1.91. The summed E-state index contributed by atoms with van der Waals surface area (Å²) in [4.78, 5) is 25.3. The fraction of sp³-hybridized carbons (Fsp3) is 0.240. The third-order valence-corrected chi connectivity index (χ3v) is 4.90. The molecule has 0 amide bonds. The summed E-state index contributed by atoms with van der Waals surface area (Å²) in [5, 5.41) is 3.98. The van der Waals surface area contributed by atoms with E-state index in [1.807, 2.05) is 13.0 Å². The Morgan fingerprint density at radius 1 is 1.09 bits per heavy atom. The topological polar surface area (TPSA) is 110 Å². The Labute approximate surface area is 194 Å². The molecule has 0 bridgehead atoms. The summed E-state index contributed by atoms with van der Waals surface area (Å²) >= 11 is 0. The molecule has 0 saturated heterocycles. The van der Waals surface area contributed by atoms with Gasteiger partial charge in [0.2, 0.25) is 11.2 Å². The Kier molecular flexibility index (Phi) is 6.82. The molecule has 2 heterocycles. The Hall–Kier alpha value is -4.27. The lowest BCUT2D eigenvalue weighted by molar-refractivity contribution is -0.134. The van der Waals surface area contributed by atoms with E-state index in [9.17, 15) is 9.59 Å². The number of para-hydroxylation sites is 2. The van der Waals surface area contributed by atoms with Crippen LogP contribution in [0.25, 0.3) is 11.0 Å². The summed E-state index contributed by atoms with van der Waals surface area (Å²) < 4.78 is 32.6. The lowest BCUT2D eigenvalue weighted by Crippen LogP contribution is -2.10. The van der Waals surface area contributed by atoms with Crippen LogP contribution in [0.1, 0.15) is 24.9 Å². The summed E-state index contributed by atoms with van der Waals surface area (Å²) in [6, 6.07) is 13.2. The second-order valence-electron chi connectivity index (χ2n) is 7.27. The molecule has 9 nitrogen and oxygen atoms in total. The number of esters is 1. The van der Waals surface area contributed by atoms with Crippen LogP contribution >= 0.6 is 0 Å². The normalized spacial score (nSPS) is 10.8. The van der Waals surface area contributed by atoms with Crippen LogP contribution in [-0.4, -0.2) is 24.8 Å². The molecule has 0 atom stereocenters. The van der Waals surface area contributed by atoms with E-state index >= 15 is 0 Å². The molecule has 4 aromatic rings. The number of hydrogen-bond donors (Lipinski definition) is 0. The largest absolute Gasteiger partial charge is 0.490 e. The number of hydrogen-bond acceptors (Lipinski definition) is 9. The molecule has 176 valence electrons. The van der Waals surface area contributed by atoms with E-state index in [0.29, 0.717) is 41.6 Å². The first-order chi connectivity index (χ1) is 16.5. The molecule has 0 unspecified atom stereocenters. The summed E-state index contributed by atoms with van der Waals surface area (Å²) in [6.45, 7) is 3.95. The van der Waals surface area contributed by atoms with Crippen molar-refractivity contribution >= 4 is 16.9 Å². The molecule has 2 aromatic carbocycles. The SMILES string of the molecule is CCOc1ccccc1Oc1c(C)oc2cc(OC(=O)CCc3cc(OC)no3)ccc2c1=O. The maximum atomic E-state index is 13.1.